The van der Waals surface area contributed by atoms with Crippen molar-refractivity contribution in [3.8, 4) is 0 Å². The van der Waals surface area contributed by atoms with Crippen molar-refractivity contribution in [1.82, 2.24) is 10.1 Å². The van der Waals surface area contributed by atoms with E-state index in [1.54, 1.807) is 7.11 Å². The highest BCUT2D eigenvalue weighted by molar-refractivity contribution is 5.81. The number of ketones is 1. The van der Waals surface area contributed by atoms with E-state index in [0.717, 1.165) is 19.3 Å². The van der Waals surface area contributed by atoms with Crippen LogP contribution in [-0.4, -0.2) is 23.0 Å². The van der Waals surface area contributed by atoms with E-state index in [1.165, 1.54) is 6.42 Å². The van der Waals surface area contributed by atoms with E-state index < -0.39 is 5.60 Å². The molecular formula is C15H24N2O3. The van der Waals surface area contributed by atoms with Gasteiger partial charge < -0.3 is 9.26 Å². The number of methoxy groups -OCH3 is 1. The number of hydrogen-bond donors (Lipinski definition) is 0. The highest BCUT2D eigenvalue weighted by atomic mass is 16.5. The van der Waals surface area contributed by atoms with Gasteiger partial charge in [0.1, 0.15) is 11.4 Å². The number of rotatable bonds is 5. The number of ether oxygens (including phenoxy) is 1. The molecule has 1 heterocycles. The molecule has 1 saturated carbocycles. The molecule has 1 aromatic rings. The molecule has 0 bridgehead atoms. The van der Waals surface area contributed by atoms with Gasteiger partial charge in [-0.1, -0.05) is 32.3 Å². The maximum absolute atomic E-state index is 11.7. The van der Waals surface area contributed by atoms with Crippen LogP contribution in [0.5, 0.6) is 0 Å². The van der Waals surface area contributed by atoms with Gasteiger partial charge in [-0.2, -0.15) is 4.98 Å². The molecule has 2 atom stereocenters. The standard InChI is InChI=1S/C15H24N2O3/c1-10(2)12(18)8-13-16-14(17-20-13)15(19-4)7-5-6-11(3)9-15/h10-11H,5-9H2,1-4H3. The zero-order valence-electron chi connectivity index (χ0n) is 12.8. The van der Waals surface area contributed by atoms with E-state index in [9.17, 15) is 4.79 Å². The van der Waals surface area contributed by atoms with Crippen LogP contribution in [0.25, 0.3) is 0 Å². The fraction of sp³-hybridized carbons (Fsp3) is 0.800. The Balaban J connectivity index is 2.15. The van der Waals surface area contributed by atoms with Gasteiger partial charge in [-0.3, -0.25) is 4.79 Å². The van der Waals surface area contributed by atoms with Gasteiger partial charge in [-0.05, 0) is 25.2 Å². The third-order valence-electron chi connectivity index (χ3n) is 4.19. The lowest BCUT2D eigenvalue weighted by Gasteiger charge is -2.36. The second-order valence-corrected chi connectivity index (χ2v) is 6.21. The summed E-state index contributed by atoms with van der Waals surface area (Å²) < 4.78 is 11.0. The van der Waals surface area contributed by atoms with E-state index in [-0.39, 0.29) is 18.1 Å². The molecule has 0 N–H and O–H groups in total. The first kappa shape index (κ1) is 15.2. The van der Waals surface area contributed by atoms with Crippen molar-refractivity contribution >= 4 is 5.78 Å². The largest absolute Gasteiger partial charge is 0.370 e. The number of carbonyl (C=O) groups excluding carboxylic acids is 1. The molecule has 0 radical (unpaired) electrons. The molecule has 5 nitrogen and oxygen atoms in total. The summed E-state index contributed by atoms with van der Waals surface area (Å²) >= 11 is 0. The molecule has 0 spiro atoms. The highest BCUT2D eigenvalue weighted by Crippen LogP contribution is 2.41. The Kier molecular flexibility index (Phi) is 4.58. The first-order valence-electron chi connectivity index (χ1n) is 7.38. The molecule has 0 saturated heterocycles. The molecule has 0 aliphatic heterocycles. The number of aromatic nitrogens is 2. The zero-order chi connectivity index (χ0) is 14.8. The van der Waals surface area contributed by atoms with Gasteiger partial charge in [0, 0.05) is 13.0 Å². The van der Waals surface area contributed by atoms with Crippen LogP contribution in [-0.2, 0) is 21.6 Å². The minimum atomic E-state index is -0.444. The Bertz CT molecular complexity index is 469. The minimum absolute atomic E-state index is 0.0172. The number of nitrogens with zero attached hydrogens (tertiary/aromatic N) is 2. The second kappa shape index (κ2) is 6.04. The van der Waals surface area contributed by atoms with Crippen LogP contribution in [0.2, 0.25) is 0 Å². The van der Waals surface area contributed by atoms with Crippen LogP contribution >= 0.6 is 0 Å². The predicted molar refractivity (Wildman–Crippen MR) is 74.2 cm³/mol. The Labute approximate surface area is 120 Å². The Morgan fingerprint density at radius 2 is 2.30 bits per heavy atom. The molecule has 0 aromatic carbocycles. The summed E-state index contributed by atoms with van der Waals surface area (Å²) in [4.78, 5) is 16.2. The van der Waals surface area contributed by atoms with Gasteiger partial charge in [0.2, 0.25) is 11.7 Å². The fourth-order valence-corrected chi connectivity index (χ4v) is 2.85. The van der Waals surface area contributed by atoms with Crippen LogP contribution in [0.3, 0.4) is 0 Å². The molecule has 2 rings (SSSR count). The second-order valence-electron chi connectivity index (χ2n) is 6.21. The monoisotopic (exact) mass is 280 g/mol. The lowest BCUT2D eigenvalue weighted by molar-refractivity contribution is -0.121. The number of hydrogen-bond acceptors (Lipinski definition) is 5. The zero-order valence-corrected chi connectivity index (χ0v) is 12.8. The van der Waals surface area contributed by atoms with Crippen molar-refractivity contribution in [2.24, 2.45) is 11.8 Å². The van der Waals surface area contributed by atoms with Gasteiger partial charge in [0.05, 0.1) is 6.42 Å². The van der Waals surface area contributed by atoms with Crippen molar-refractivity contribution in [1.29, 1.82) is 0 Å². The minimum Gasteiger partial charge on any atom is -0.370 e. The molecule has 1 aromatic heterocycles. The van der Waals surface area contributed by atoms with Crippen LogP contribution in [0, 0.1) is 11.8 Å². The summed E-state index contributed by atoms with van der Waals surface area (Å²) in [5.74, 6) is 1.68. The number of carbonyl (C=O) groups is 1. The van der Waals surface area contributed by atoms with Crippen LogP contribution in [0.15, 0.2) is 4.52 Å². The van der Waals surface area contributed by atoms with Crippen molar-refractivity contribution in [3.63, 3.8) is 0 Å². The molecule has 2 unspecified atom stereocenters. The predicted octanol–water partition coefficient (Wildman–Crippen LogP) is 2.89. The molecule has 1 aliphatic rings. The van der Waals surface area contributed by atoms with Crippen molar-refractivity contribution in [3.05, 3.63) is 11.7 Å². The molecule has 1 fully saturated rings. The van der Waals surface area contributed by atoms with Gasteiger partial charge in [-0.15, -0.1) is 0 Å². The van der Waals surface area contributed by atoms with E-state index in [1.807, 2.05) is 13.8 Å². The summed E-state index contributed by atoms with van der Waals surface area (Å²) in [6, 6.07) is 0. The van der Waals surface area contributed by atoms with Gasteiger partial charge in [-0.25, -0.2) is 0 Å². The summed E-state index contributed by atoms with van der Waals surface area (Å²) in [6.07, 6.45) is 4.33. The first-order valence-corrected chi connectivity index (χ1v) is 7.38. The smallest absolute Gasteiger partial charge is 0.234 e. The first-order chi connectivity index (χ1) is 9.47. The molecule has 1 aliphatic carbocycles. The third kappa shape index (κ3) is 3.08. The fourth-order valence-electron chi connectivity index (χ4n) is 2.85. The average molecular weight is 280 g/mol. The van der Waals surface area contributed by atoms with E-state index in [0.29, 0.717) is 17.6 Å². The Morgan fingerprint density at radius 3 is 2.90 bits per heavy atom. The van der Waals surface area contributed by atoms with Crippen molar-refractivity contribution in [2.45, 2.75) is 58.5 Å². The number of Topliss-reactive ketones (excluding diaryl/α,β-unsaturated/α-hetero) is 1. The van der Waals surface area contributed by atoms with Gasteiger partial charge in [0.25, 0.3) is 0 Å². The molecule has 20 heavy (non-hydrogen) atoms. The Morgan fingerprint density at radius 1 is 1.55 bits per heavy atom. The lowest BCUT2D eigenvalue weighted by Crippen LogP contribution is -2.35. The molecule has 0 amide bonds. The van der Waals surface area contributed by atoms with Crippen molar-refractivity contribution in [2.75, 3.05) is 7.11 Å². The SMILES string of the molecule is COC1(c2noc(CC(=O)C(C)C)n2)CCCC(C)C1. The van der Waals surface area contributed by atoms with E-state index in [4.69, 9.17) is 9.26 Å². The maximum Gasteiger partial charge on any atom is 0.234 e. The van der Waals surface area contributed by atoms with Crippen LogP contribution in [0.4, 0.5) is 0 Å². The Hall–Kier alpha value is -1.23. The van der Waals surface area contributed by atoms with Crippen LogP contribution in [0.1, 0.15) is 58.2 Å². The van der Waals surface area contributed by atoms with E-state index >= 15 is 0 Å². The van der Waals surface area contributed by atoms with Crippen molar-refractivity contribution < 1.29 is 14.1 Å². The normalized spacial score (nSPS) is 26.9. The summed E-state index contributed by atoms with van der Waals surface area (Å²) in [5, 5.41) is 4.07. The summed E-state index contributed by atoms with van der Waals surface area (Å²) in [6.45, 7) is 5.97. The summed E-state index contributed by atoms with van der Waals surface area (Å²) in [5.41, 5.74) is -0.444. The topological polar surface area (TPSA) is 65.2 Å². The molecule has 5 heteroatoms. The average Bonchev–Trinajstić information content (AvgIpc) is 2.87. The molecule has 112 valence electrons. The molecular weight excluding hydrogens is 256 g/mol. The van der Waals surface area contributed by atoms with Crippen LogP contribution < -0.4 is 0 Å². The quantitative estimate of drug-likeness (QED) is 0.829. The lowest BCUT2D eigenvalue weighted by atomic mass is 9.78. The summed E-state index contributed by atoms with van der Waals surface area (Å²) in [7, 11) is 1.70. The van der Waals surface area contributed by atoms with E-state index in [2.05, 4.69) is 17.1 Å². The van der Waals surface area contributed by atoms with Gasteiger partial charge in [0.15, 0.2) is 0 Å². The van der Waals surface area contributed by atoms with Gasteiger partial charge >= 0.3 is 0 Å². The maximum atomic E-state index is 11.7. The third-order valence-corrected chi connectivity index (χ3v) is 4.19. The highest BCUT2D eigenvalue weighted by Gasteiger charge is 2.41.